The number of hydrogen-bond donors (Lipinski definition) is 1. The van der Waals surface area contributed by atoms with Crippen LogP contribution in [0, 0.1) is 0 Å². The molecule has 0 unspecified atom stereocenters. The van der Waals surface area contributed by atoms with Gasteiger partial charge in [0, 0.05) is 12.0 Å². The Labute approximate surface area is 165 Å². The number of carbonyl (C=O) groups is 1. The van der Waals surface area contributed by atoms with Crippen LogP contribution in [0.1, 0.15) is 77.3 Å². The summed E-state index contributed by atoms with van der Waals surface area (Å²) in [7, 11) is 0. The van der Waals surface area contributed by atoms with Gasteiger partial charge in [0.15, 0.2) is 6.04 Å². The minimum absolute atomic E-state index is 0.0268. The van der Waals surface area contributed by atoms with Crippen molar-refractivity contribution in [2.45, 2.75) is 83.5 Å². The lowest BCUT2D eigenvalue weighted by atomic mass is 9.97. The largest absolute Gasteiger partial charge is 0.494 e. The number of halogens is 3. The van der Waals surface area contributed by atoms with Gasteiger partial charge in [0.1, 0.15) is 5.75 Å². The number of nitrogens with zero attached hydrogens (tertiary/aromatic N) is 1. The Balaban J connectivity index is 1.98. The van der Waals surface area contributed by atoms with E-state index in [0.717, 1.165) is 17.9 Å². The van der Waals surface area contributed by atoms with E-state index >= 15 is 0 Å². The topological polar surface area (TPSA) is 41.6 Å². The van der Waals surface area contributed by atoms with Gasteiger partial charge in [-0.1, -0.05) is 51.2 Å². The van der Waals surface area contributed by atoms with Crippen LogP contribution in [0.15, 0.2) is 24.3 Å². The van der Waals surface area contributed by atoms with Gasteiger partial charge in [0.2, 0.25) is 5.91 Å². The van der Waals surface area contributed by atoms with Crippen LogP contribution < -0.4 is 10.2 Å². The Bertz CT molecular complexity index is 630. The van der Waals surface area contributed by atoms with Crippen LogP contribution in [0.4, 0.5) is 13.2 Å². The molecule has 0 radical (unpaired) electrons. The summed E-state index contributed by atoms with van der Waals surface area (Å²) >= 11 is 0. The smallest absolute Gasteiger partial charge is 0.409 e. The van der Waals surface area contributed by atoms with Crippen LogP contribution in [0.25, 0.3) is 0 Å². The summed E-state index contributed by atoms with van der Waals surface area (Å²) in [6, 6.07) is 4.08. The summed E-state index contributed by atoms with van der Waals surface area (Å²) < 4.78 is 47.0. The highest BCUT2D eigenvalue weighted by Gasteiger charge is 2.52. The lowest BCUT2D eigenvalue weighted by Gasteiger charge is -2.37. The third-order valence-electron chi connectivity index (χ3n) is 5.02. The fraction of sp³-hybridized carbons (Fsp3) is 0.667. The molecular weight excluding hydrogens is 369 g/mol. The Hall–Kier alpha value is -1.76. The number of benzene rings is 1. The van der Waals surface area contributed by atoms with Crippen molar-refractivity contribution in [2.24, 2.45) is 0 Å². The van der Waals surface area contributed by atoms with E-state index in [-0.39, 0.29) is 12.0 Å². The van der Waals surface area contributed by atoms with Crippen molar-refractivity contribution in [3.63, 3.8) is 0 Å². The van der Waals surface area contributed by atoms with Gasteiger partial charge in [0.05, 0.1) is 6.61 Å². The third-order valence-corrected chi connectivity index (χ3v) is 5.02. The van der Waals surface area contributed by atoms with Gasteiger partial charge in [-0.15, -0.1) is 0 Å². The summed E-state index contributed by atoms with van der Waals surface area (Å²) in [6.07, 6.45) is 2.41. The Morgan fingerprint density at radius 1 is 1.11 bits per heavy atom. The van der Waals surface area contributed by atoms with E-state index in [2.05, 4.69) is 12.3 Å². The summed E-state index contributed by atoms with van der Waals surface area (Å²) in [5, 5.41) is 1.02. The van der Waals surface area contributed by atoms with Crippen molar-refractivity contribution in [3.05, 3.63) is 29.8 Å². The second-order valence-electron chi connectivity index (χ2n) is 8.02. The molecule has 1 N–H and O–H groups in total. The Morgan fingerprint density at radius 3 is 2.25 bits per heavy atom. The lowest BCUT2D eigenvalue weighted by molar-refractivity contribution is -0.203. The number of carbonyl (C=O) groups excluding carboxylic acids is 1. The van der Waals surface area contributed by atoms with Gasteiger partial charge in [-0.2, -0.15) is 18.2 Å². The van der Waals surface area contributed by atoms with Crippen LogP contribution in [0.5, 0.6) is 5.75 Å². The summed E-state index contributed by atoms with van der Waals surface area (Å²) in [5.74, 6) is 0.154. The standard InChI is InChI=1S/C21H31F3N2O2/c1-4-5-6-7-8-9-14-28-17-12-10-16(11-13-17)19(21(22,23)24)26-20(2,3)15-18(27)25-26/h10-13,19H,4-9,14-15H2,1-3H3,(H,25,27)/t19-/m0/s1. The number of amides is 1. The molecule has 1 aliphatic heterocycles. The van der Waals surface area contributed by atoms with Gasteiger partial charge >= 0.3 is 6.18 Å². The molecule has 0 aliphatic carbocycles. The monoisotopic (exact) mass is 400 g/mol. The van der Waals surface area contributed by atoms with Crippen molar-refractivity contribution in [1.82, 2.24) is 10.4 Å². The van der Waals surface area contributed by atoms with Crippen molar-refractivity contribution >= 4 is 5.91 Å². The number of rotatable bonds is 10. The van der Waals surface area contributed by atoms with Crippen molar-refractivity contribution in [3.8, 4) is 5.75 Å². The first-order valence-electron chi connectivity index (χ1n) is 10.0. The fourth-order valence-electron chi connectivity index (χ4n) is 3.52. The van der Waals surface area contributed by atoms with E-state index in [0.29, 0.717) is 12.4 Å². The molecule has 7 heteroatoms. The predicted molar refractivity (Wildman–Crippen MR) is 103 cm³/mol. The summed E-state index contributed by atoms with van der Waals surface area (Å²) in [5.41, 5.74) is 1.52. The molecule has 1 aromatic rings. The third kappa shape index (κ3) is 6.12. The van der Waals surface area contributed by atoms with Gasteiger partial charge in [-0.3, -0.25) is 10.2 Å². The van der Waals surface area contributed by atoms with E-state index in [1.54, 1.807) is 26.0 Å². The number of hydrogen-bond acceptors (Lipinski definition) is 3. The molecule has 0 spiro atoms. The fourth-order valence-corrected chi connectivity index (χ4v) is 3.52. The van der Waals surface area contributed by atoms with Crippen LogP contribution in [0.2, 0.25) is 0 Å². The zero-order chi connectivity index (χ0) is 20.8. The van der Waals surface area contributed by atoms with Gasteiger partial charge < -0.3 is 4.74 Å². The summed E-state index contributed by atoms with van der Waals surface area (Å²) in [6.45, 7) is 5.99. The molecule has 1 amide bonds. The summed E-state index contributed by atoms with van der Waals surface area (Å²) in [4.78, 5) is 11.7. The average molecular weight is 400 g/mol. The molecular formula is C21H31F3N2O2. The highest BCUT2D eigenvalue weighted by atomic mass is 19.4. The molecule has 28 heavy (non-hydrogen) atoms. The van der Waals surface area contributed by atoms with Crippen LogP contribution in [-0.2, 0) is 4.79 Å². The molecule has 4 nitrogen and oxygen atoms in total. The maximum Gasteiger partial charge on any atom is 0.409 e. The Kier molecular flexibility index (Phi) is 7.75. The lowest BCUT2D eigenvalue weighted by Crippen LogP contribution is -2.51. The molecule has 0 bridgehead atoms. The first kappa shape index (κ1) is 22.5. The van der Waals surface area contributed by atoms with Gasteiger partial charge in [0.25, 0.3) is 0 Å². The van der Waals surface area contributed by atoms with Gasteiger partial charge in [-0.05, 0) is 38.0 Å². The number of nitrogens with one attached hydrogen (secondary N) is 1. The van der Waals surface area contributed by atoms with E-state index < -0.39 is 23.7 Å². The van der Waals surface area contributed by atoms with Crippen LogP contribution in [0.3, 0.4) is 0 Å². The normalized spacial score (nSPS) is 18.1. The zero-order valence-electron chi connectivity index (χ0n) is 16.9. The molecule has 158 valence electrons. The molecule has 0 aromatic heterocycles. The van der Waals surface area contributed by atoms with E-state index in [1.165, 1.54) is 37.8 Å². The van der Waals surface area contributed by atoms with Crippen molar-refractivity contribution in [2.75, 3.05) is 6.61 Å². The SMILES string of the molecule is CCCCCCCCOc1ccc([C@H](N2NC(=O)CC2(C)C)C(F)(F)F)cc1. The number of alkyl halides is 3. The highest BCUT2D eigenvalue weighted by Crippen LogP contribution is 2.42. The maximum absolute atomic E-state index is 13.8. The van der Waals surface area contributed by atoms with E-state index in [9.17, 15) is 18.0 Å². The molecule has 0 saturated carbocycles. The van der Waals surface area contributed by atoms with Gasteiger partial charge in [-0.25, -0.2) is 0 Å². The Morgan fingerprint density at radius 2 is 1.71 bits per heavy atom. The second-order valence-corrected chi connectivity index (χ2v) is 8.02. The minimum atomic E-state index is -4.52. The second kappa shape index (κ2) is 9.63. The molecule has 1 fully saturated rings. The van der Waals surface area contributed by atoms with E-state index in [4.69, 9.17) is 4.74 Å². The first-order chi connectivity index (χ1) is 13.1. The zero-order valence-corrected chi connectivity index (χ0v) is 16.9. The van der Waals surface area contributed by atoms with E-state index in [1.807, 2.05) is 0 Å². The average Bonchev–Trinajstić information content (AvgIpc) is 2.86. The number of unbranched alkanes of at least 4 members (excludes halogenated alkanes) is 5. The van der Waals surface area contributed by atoms with Crippen LogP contribution in [-0.4, -0.2) is 29.2 Å². The molecule has 1 saturated heterocycles. The maximum atomic E-state index is 13.8. The van der Waals surface area contributed by atoms with Crippen molar-refractivity contribution < 1.29 is 22.7 Å². The number of ether oxygens (including phenoxy) is 1. The first-order valence-corrected chi connectivity index (χ1v) is 10.0. The highest BCUT2D eigenvalue weighted by molar-refractivity contribution is 5.79. The van der Waals surface area contributed by atoms with Crippen LogP contribution >= 0.6 is 0 Å². The molecule has 1 heterocycles. The predicted octanol–water partition coefficient (Wildman–Crippen LogP) is 5.54. The molecule has 2 rings (SSSR count). The quantitative estimate of drug-likeness (QED) is 0.524. The minimum Gasteiger partial charge on any atom is -0.494 e. The number of hydrazine groups is 1. The molecule has 1 aliphatic rings. The van der Waals surface area contributed by atoms with Crippen molar-refractivity contribution in [1.29, 1.82) is 0 Å². The molecule has 1 aromatic carbocycles. The molecule has 1 atom stereocenters.